The molecule has 2 aromatic rings. The molecule has 0 bridgehead atoms. The van der Waals surface area contributed by atoms with Crippen molar-refractivity contribution in [3.8, 4) is 0 Å². The minimum atomic E-state index is 1.12. The van der Waals surface area contributed by atoms with E-state index in [0.717, 1.165) is 12.8 Å². The van der Waals surface area contributed by atoms with Crippen molar-refractivity contribution in [2.24, 2.45) is 0 Å². The van der Waals surface area contributed by atoms with Gasteiger partial charge < -0.3 is 0 Å². The Labute approximate surface area is 110 Å². The normalized spacial score (nSPS) is 14.1. The second kappa shape index (κ2) is 4.50. The number of halogens is 1. The molecule has 0 nitrogen and oxygen atoms in total. The van der Waals surface area contributed by atoms with Gasteiger partial charge in [-0.3, -0.25) is 0 Å². The summed E-state index contributed by atoms with van der Waals surface area (Å²) in [5.41, 5.74) is 5.49. The molecule has 1 heteroatoms. The van der Waals surface area contributed by atoms with Crippen LogP contribution in [0.5, 0.6) is 0 Å². The van der Waals surface area contributed by atoms with Gasteiger partial charge in [-0.2, -0.15) is 0 Å². The van der Waals surface area contributed by atoms with Crippen molar-refractivity contribution in [2.45, 2.75) is 12.8 Å². The Kier molecular flexibility index (Phi) is 2.86. The molecule has 0 saturated carbocycles. The Morgan fingerprint density at radius 2 is 1.71 bits per heavy atom. The summed E-state index contributed by atoms with van der Waals surface area (Å²) in [6.45, 7) is 0. The number of rotatable bonds is 1. The van der Waals surface area contributed by atoms with E-state index in [2.05, 4.69) is 70.5 Å². The molecule has 0 aromatic heterocycles. The number of hydrogen-bond acceptors (Lipinski definition) is 0. The maximum absolute atomic E-state index is 3.65. The molecule has 0 saturated heterocycles. The van der Waals surface area contributed by atoms with E-state index in [0.29, 0.717) is 0 Å². The van der Waals surface area contributed by atoms with Crippen molar-refractivity contribution in [3.63, 3.8) is 0 Å². The Morgan fingerprint density at radius 3 is 2.53 bits per heavy atom. The molecule has 0 amide bonds. The standard InChI is InChI=1S/C16H13Br/c17-16-11-5-9-14-13(8-4-10-15(14)16)12-6-2-1-3-7-12/h1-3,5-9,11H,4,10H2. The van der Waals surface area contributed by atoms with Crippen LogP contribution in [-0.4, -0.2) is 0 Å². The number of benzene rings is 2. The summed E-state index contributed by atoms with van der Waals surface area (Å²) in [5, 5.41) is 0. The van der Waals surface area contributed by atoms with E-state index in [1.807, 2.05) is 0 Å². The molecule has 1 aliphatic rings. The smallest absolute Gasteiger partial charge is 0.0213 e. The van der Waals surface area contributed by atoms with Gasteiger partial charge in [-0.15, -0.1) is 0 Å². The monoisotopic (exact) mass is 284 g/mol. The van der Waals surface area contributed by atoms with E-state index >= 15 is 0 Å². The maximum atomic E-state index is 3.65. The summed E-state index contributed by atoms with van der Waals surface area (Å²) in [6.07, 6.45) is 4.61. The third-order valence-electron chi connectivity index (χ3n) is 3.24. The molecular formula is C16H13Br. The highest BCUT2D eigenvalue weighted by atomic mass is 79.9. The van der Waals surface area contributed by atoms with Crippen molar-refractivity contribution < 1.29 is 0 Å². The topological polar surface area (TPSA) is 0 Å². The van der Waals surface area contributed by atoms with Crippen LogP contribution in [0.25, 0.3) is 5.57 Å². The van der Waals surface area contributed by atoms with Gasteiger partial charge in [-0.05, 0) is 41.2 Å². The van der Waals surface area contributed by atoms with Crippen LogP contribution >= 0.6 is 15.9 Å². The Morgan fingerprint density at radius 1 is 0.882 bits per heavy atom. The molecule has 0 fully saturated rings. The van der Waals surface area contributed by atoms with Gasteiger partial charge in [0.2, 0.25) is 0 Å². The molecule has 0 spiro atoms. The number of hydrogen-bond donors (Lipinski definition) is 0. The lowest BCUT2D eigenvalue weighted by molar-refractivity contribution is 0.970. The molecular weight excluding hydrogens is 272 g/mol. The van der Waals surface area contributed by atoms with Gasteiger partial charge in [0.25, 0.3) is 0 Å². The van der Waals surface area contributed by atoms with E-state index in [9.17, 15) is 0 Å². The third kappa shape index (κ3) is 1.96. The molecule has 0 heterocycles. The molecule has 0 N–H and O–H groups in total. The van der Waals surface area contributed by atoms with Gasteiger partial charge in [0.15, 0.2) is 0 Å². The first-order valence-electron chi connectivity index (χ1n) is 5.89. The second-order valence-corrected chi connectivity index (χ2v) is 5.14. The molecule has 84 valence electrons. The Balaban J connectivity index is 2.16. The van der Waals surface area contributed by atoms with Gasteiger partial charge in [0.1, 0.15) is 0 Å². The molecule has 1 aliphatic carbocycles. The Hall–Kier alpha value is -1.34. The van der Waals surface area contributed by atoms with Gasteiger partial charge in [0, 0.05) is 4.47 Å². The minimum absolute atomic E-state index is 1.12. The Bertz CT molecular complexity index is 567. The molecule has 17 heavy (non-hydrogen) atoms. The number of fused-ring (bicyclic) bond motifs is 1. The third-order valence-corrected chi connectivity index (χ3v) is 3.98. The van der Waals surface area contributed by atoms with Crippen LogP contribution in [0.15, 0.2) is 59.1 Å². The fourth-order valence-electron chi connectivity index (χ4n) is 2.43. The van der Waals surface area contributed by atoms with Gasteiger partial charge in [0.05, 0.1) is 0 Å². The number of allylic oxidation sites excluding steroid dienone is 1. The first-order chi connectivity index (χ1) is 8.36. The summed E-state index contributed by atoms with van der Waals surface area (Å²) < 4.78 is 1.23. The quantitative estimate of drug-likeness (QED) is 0.704. The lowest BCUT2D eigenvalue weighted by atomic mass is 9.87. The van der Waals surface area contributed by atoms with Crippen molar-refractivity contribution in [1.82, 2.24) is 0 Å². The van der Waals surface area contributed by atoms with Crippen LogP contribution in [0.3, 0.4) is 0 Å². The summed E-state index contributed by atoms with van der Waals surface area (Å²) in [7, 11) is 0. The van der Waals surface area contributed by atoms with Crippen LogP contribution in [0.1, 0.15) is 23.1 Å². The van der Waals surface area contributed by atoms with E-state index in [1.54, 1.807) is 0 Å². The average Bonchev–Trinajstić information content (AvgIpc) is 2.40. The summed E-state index contributed by atoms with van der Waals surface area (Å²) >= 11 is 3.65. The first-order valence-corrected chi connectivity index (χ1v) is 6.69. The zero-order valence-corrected chi connectivity index (χ0v) is 11.1. The maximum Gasteiger partial charge on any atom is 0.0213 e. The van der Waals surface area contributed by atoms with E-state index < -0.39 is 0 Å². The molecule has 0 radical (unpaired) electrons. The largest absolute Gasteiger partial charge is 0.0757 e. The fraction of sp³-hybridized carbons (Fsp3) is 0.125. The van der Waals surface area contributed by atoms with Crippen molar-refractivity contribution in [2.75, 3.05) is 0 Å². The lowest BCUT2D eigenvalue weighted by Gasteiger charge is -2.19. The van der Waals surface area contributed by atoms with Crippen LogP contribution in [0, 0.1) is 0 Å². The highest BCUT2D eigenvalue weighted by Gasteiger charge is 2.15. The predicted molar refractivity (Wildman–Crippen MR) is 76.0 cm³/mol. The van der Waals surface area contributed by atoms with E-state index in [-0.39, 0.29) is 0 Å². The van der Waals surface area contributed by atoms with Crippen LogP contribution < -0.4 is 0 Å². The van der Waals surface area contributed by atoms with Gasteiger partial charge >= 0.3 is 0 Å². The van der Waals surface area contributed by atoms with Crippen molar-refractivity contribution in [3.05, 3.63) is 75.8 Å². The molecule has 3 rings (SSSR count). The fourth-order valence-corrected chi connectivity index (χ4v) is 2.99. The highest BCUT2D eigenvalue weighted by Crippen LogP contribution is 2.35. The molecule has 2 aromatic carbocycles. The van der Waals surface area contributed by atoms with Crippen LogP contribution in [0.2, 0.25) is 0 Å². The van der Waals surface area contributed by atoms with E-state index in [4.69, 9.17) is 0 Å². The molecule has 0 atom stereocenters. The zero-order chi connectivity index (χ0) is 11.7. The van der Waals surface area contributed by atoms with E-state index in [1.165, 1.54) is 26.7 Å². The van der Waals surface area contributed by atoms with Crippen LogP contribution in [-0.2, 0) is 6.42 Å². The minimum Gasteiger partial charge on any atom is -0.0757 e. The average molecular weight is 285 g/mol. The lowest BCUT2D eigenvalue weighted by Crippen LogP contribution is -2.01. The summed E-state index contributed by atoms with van der Waals surface area (Å²) in [6, 6.07) is 17.1. The predicted octanol–water partition coefficient (Wildman–Crippen LogP) is 4.83. The van der Waals surface area contributed by atoms with Gasteiger partial charge in [-0.1, -0.05) is 64.5 Å². The summed E-state index contributed by atoms with van der Waals surface area (Å²) in [5.74, 6) is 0. The SMILES string of the molecule is Brc1cccc2c1CCC=C2c1ccccc1. The molecule has 0 aliphatic heterocycles. The summed E-state index contributed by atoms with van der Waals surface area (Å²) in [4.78, 5) is 0. The highest BCUT2D eigenvalue weighted by molar-refractivity contribution is 9.10. The van der Waals surface area contributed by atoms with Crippen molar-refractivity contribution in [1.29, 1.82) is 0 Å². The second-order valence-electron chi connectivity index (χ2n) is 4.29. The van der Waals surface area contributed by atoms with Gasteiger partial charge in [-0.25, -0.2) is 0 Å². The molecule has 0 unspecified atom stereocenters. The van der Waals surface area contributed by atoms with Crippen molar-refractivity contribution >= 4 is 21.5 Å². The first kappa shape index (κ1) is 10.8. The van der Waals surface area contributed by atoms with Crippen LogP contribution in [0.4, 0.5) is 0 Å². The zero-order valence-electron chi connectivity index (χ0n) is 9.49.